The maximum atomic E-state index is 12.0. The molecule has 0 bridgehead atoms. The second kappa shape index (κ2) is 4.99. The monoisotopic (exact) mass is 265 g/mol. The van der Waals surface area contributed by atoms with E-state index in [0.29, 0.717) is 23.3 Å². The van der Waals surface area contributed by atoms with Crippen molar-refractivity contribution >= 4 is 11.8 Å². The smallest absolute Gasteiger partial charge is 0.260 e. The van der Waals surface area contributed by atoms with Crippen molar-refractivity contribution in [3.63, 3.8) is 0 Å². The molecule has 4 heteroatoms. The summed E-state index contributed by atoms with van der Waals surface area (Å²) in [5.74, 6) is 1.78. The van der Waals surface area contributed by atoms with Gasteiger partial charge in [-0.2, -0.15) is 0 Å². The summed E-state index contributed by atoms with van der Waals surface area (Å²) in [6.07, 6.45) is 1.12. The zero-order chi connectivity index (χ0) is 14.3. The van der Waals surface area contributed by atoms with Crippen LogP contribution in [-0.4, -0.2) is 29.9 Å². The van der Waals surface area contributed by atoms with Crippen LogP contribution in [0.1, 0.15) is 40.5 Å². The summed E-state index contributed by atoms with van der Waals surface area (Å²) in [6, 6.07) is 0. The zero-order valence-corrected chi connectivity index (χ0v) is 12.4. The largest absolute Gasteiger partial charge is 0.494 e. The van der Waals surface area contributed by atoms with Gasteiger partial charge in [0.25, 0.3) is 5.91 Å². The Kier molecular flexibility index (Phi) is 3.70. The number of nitrogens with zero attached hydrogens (tertiary/aromatic N) is 1. The van der Waals surface area contributed by atoms with E-state index in [0.717, 1.165) is 12.2 Å². The second-order valence-electron chi connectivity index (χ2n) is 6.27. The maximum Gasteiger partial charge on any atom is 0.260 e. The molecule has 0 N–H and O–H groups in total. The molecule has 0 aromatic rings. The van der Waals surface area contributed by atoms with Crippen LogP contribution < -0.4 is 0 Å². The first kappa shape index (κ1) is 14.1. The van der Waals surface area contributed by atoms with Gasteiger partial charge in [0.05, 0.1) is 12.0 Å². The average Bonchev–Trinajstić information content (AvgIpc) is 2.87. The highest BCUT2D eigenvalue weighted by molar-refractivity contribution is 6.13. The van der Waals surface area contributed by atoms with Gasteiger partial charge in [-0.05, 0) is 11.8 Å². The molecule has 2 atom stereocenters. The number of hydrogen-bond acceptors (Lipinski definition) is 3. The molecule has 0 radical (unpaired) electrons. The van der Waals surface area contributed by atoms with Gasteiger partial charge in [-0.15, -0.1) is 0 Å². The Hall–Kier alpha value is -1.32. The molecule has 0 spiro atoms. The predicted molar refractivity (Wildman–Crippen MR) is 72.1 cm³/mol. The van der Waals surface area contributed by atoms with Crippen molar-refractivity contribution in [3.05, 3.63) is 11.3 Å². The fourth-order valence-corrected chi connectivity index (χ4v) is 2.95. The molecule has 2 saturated heterocycles. The molecular formula is C15H23NO3. The molecule has 0 aromatic carbocycles. The molecule has 4 nitrogen and oxygen atoms in total. The Labute approximate surface area is 114 Å². The number of carbonyl (C=O) groups excluding carboxylic acids is 2. The molecule has 2 aliphatic heterocycles. The minimum Gasteiger partial charge on any atom is -0.494 e. The fourth-order valence-electron chi connectivity index (χ4n) is 2.95. The number of hydrogen-bond donors (Lipinski definition) is 0. The quantitative estimate of drug-likeness (QED) is 0.569. The molecular weight excluding hydrogens is 242 g/mol. The second-order valence-corrected chi connectivity index (χ2v) is 6.27. The minimum atomic E-state index is -0.188. The summed E-state index contributed by atoms with van der Waals surface area (Å²) in [6.45, 7) is 8.65. The van der Waals surface area contributed by atoms with Gasteiger partial charge >= 0.3 is 0 Å². The number of rotatable bonds is 2. The molecule has 2 fully saturated rings. The molecule has 2 rings (SSSR count). The highest BCUT2D eigenvalue weighted by Crippen LogP contribution is 2.41. The molecule has 2 unspecified atom stereocenters. The maximum absolute atomic E-state index is 12.0. The SMILES string of the molecule is CC(C)C1C/C(=C2/CC(=O)N(C)C2=O)OC1C(C)C. The van der Waals surface area contributed by atoms with Gasteiger partial charge in [0.1, 0.15) is 11.9 Å². The predicted octanol–water partition coefficient (Wildman–Crippen LogP) is 2.35. The van der Waals surface area contributed by atoms with Crippen LogP contribution >= 0.6 is 0 Å². The van der Waals surface area contributed by atoms with E-state index in [9.17, 15) is 9.59 Å². The molecule has 106 valence electrons. The molecule has 0 aliphatic carbocycles. The van der Waals surface area contributed by atoms with Crippen molar-refractivity contribution in [3.8, 4) is 0 Å². The van der Waals surface area contributed by atoms with Crippen molar-refractivity contribution in [2.45, 2.75) is 46.6 Å². The zero-order valence-electron chi connectivity index (χ0n) is 12.4. The van der Waals surface area contributed by atoms with E-state index < -0.39 is 0 Å². The lowest BCUT2D eigenvalue weighted by molar-refractivity contribution is -0.135. The van der Waals surface area contributed by atoms with Crippen LogP contribution in [-0.2, 0) is 14.3 Å². The number of allylic oxidation sites excluding steroid dienone is 1. The lowest BCUT2D eigenvalue weighted by Crippen LogP contribution is -2.26. The van der Waals surface area contributed by atoms with Gasteiger partial charge in [-0.25, -0.2) is 0 Å². The van der Waals surface area contributed by atoms with Crippen LogP contribution in [0.5, 0.6) is 0 Å². The van der Waals surface area contributed by atoms with Gasteiger partial charge in [-0.1, -0.05) is 27.7 Å². The minimum absolute atomic E-state index is 0.134. The van der Waals surface area contributed by atoms with Crippen LogP contribution in [0.3, 0.4) is 0 Å². The number of amides is 2. The molecule has 2 heterocycles. The third kappa shape index (κ3) is 2.40. The third-order valence-electron chi connectivity index (χ3n) is 4.24. The molecule has 19 heavy (non-hydrogen) atoms. The summed E-state index contributed by atoms with van der Waals surface area (Å²) in [4.78, 5) is 24.8. The van der Waals surface area contributed by atoms with E-state index in [-0.39, 0.29) is 24.3 Å². The number of imide groups is 1. The first-order valence-corrected chi connectivity index (χ1v) is 7.02. The number of carbonyl (C=O) groups is 2. The van der Waals surface area contributed by atoms with Gasteiger partial charge in [0.2, 0.25) is 5.91 Å². The Morgan fingerprint density at radius 2 is 1.79 bits per heavy atom. The first-order chi connectivity index (χ1) is 8.82. The van der Waals surface area contributed by atoms with Crippen molar-refractivity contribution in [1.82, 2.24) is 4.90 Å². The topological polar surface area (TPSA) is 46.6 Å². The Morgan fingerprint density at radius 3 is 2.16 bits per heavy atom. The lowest BCUT2D eigenvalue weighted by atomic mass is 9.84. The van der Waals surface area contributed by atoms with E-state index in [4.69, 9.17) is 4.74 Å². The third-order valence-corrected chi connectivity index (χ3v) is 4.24. The summed E-state index contributed by atoms with van der Waals surface area (Å²) >= 11 is 0. The fraction of sp³-hybridized carbons (Fsp3) is 0.733. The first-order valence-electron chi connectivity index (χ1n) is 7.02. The van der Waals surface area contributed by atoms with Crippen LogP contribution in [0.2, 0.25) is 0 Å². The standard InChI is InChI=1S/C15H23NO3/c1-8(2)10-6-12(19-14(10)9(3)4)11-7-13(17)16(5)15(11)18/h8-10,14H,6-7H2,1-5H3/b12-11+. The normalized spacial score (nSPS) is 31.8. The highest BCUT2D eigenvalue weighted by Gasteiger charge is 2.41. The van der Waals surface area contributed by atoms with Crippen LogP contribution in [0.4, 0.5) is 0 Å². The molecule has 2 aliphatic rings. The average molecular weight is 265 g/mol. The lowest BCUT2D eigenvalue weighted by Gasteiger charge is -2.24. The van der Waals surface area contributed by atoms with E-state index in [1.165, 1.54) is 11.9 Å². The summed E-state index contributed by atoms with van der Waals surface area (Å²) < 4.78 is 6.03. The number of ether oxygens (including phenoxy) is 1. The summed E-state index contributed by atoms with van der Waals surface area (Å²) in [7, 11) is 1.53. The van der Waals surface area contributed by atoms with E-state index >= 15 is 0 Å². The van der Waals surface area contributed by atoms with Crippen molar-refractivity contribution in [2.24, 2.45) is 17.8 Å². The van der Waals surface area contributed by atoms with E-state index in [1.807, 2.05) is 0 Å². The summed E-state index contributed by atoms with van der Waals surface area (Å²) in [5.41, 5.74) is 0.571. The van der Waals surface area contributed by atoms with Crippen molar-refractivity contribution in [1.29, 1.82) is 0 Å². The van der Waals surface area contributed by atoms with Gasteiger partial charge in [-0.3, -0.25) is 14.5 Å². The molecule has 0 saturated carbocycles. The van der Waals surface area contributed by atoms with Crippen LogP contribution in [0.25, 0.3) is 0 Å². The van der Waals surface area contributed by atoms with E-state index in [1.54, 1.807) is 0 Å². The van der Waals surface area contributed by atoms with Crippen LogP contribution in [0, 0.1) is 17.8 Å². The van der Waals surface area contributed by atoms with Crippen molar-refractivity contribution < 1.29 is 14.3 Å². The highest BCUT2D eigenvalue weighted by atomic mass is 16.5. The van der Waals surface area contributed by atoms with Crippen LogP contribution in [0.15, 0.2) is 11.3 Å². The number of likely N-dealkylation sites (N-methyl/N-ethyl adjacent to an activating group) is 1. The number of likely N-dealkylation sites (tertiary alicyclic amines) is 1. The Balaban J connectivity index is 2.29. The molecule has 2 amide bonds. The van der Waals surface area contributed by atoms with Gasteiger partial charge < -0.3 is 4.74 Å². The van der Waals surface area contributed by atoms with E-state index in [2.05, 4.69) is 27.7 Å². The summed E-state index contributed by atoms with van der Waals surface area (Å²) in [5, 5.41) is 0. The van der Waals surface area contributed by atoms with Crippen molar-refractivity contribution in [2.75, 3.05) is 7.05 Å². The Morgan fingerprint density at radius 1 is 1.16 bits per heavy atom. The van der Waals surface area contributed by atoms with Gasteiger partial charge in [0.15, 0.2) is 0 Å². The van der Waals surface area contributed by atoms with Gasteiger partial charge in [0, 0.05) is 19.4 Å². The molecule has 0 aromatic heterocycles. The Bertz CT molecular complexity index is 419.